The predicted molar refractivity (Wildman–Crippen MR) is 103 cm³/mol. The van der Waals surface area contributed by atoms with E-state index in [0.29, 0.717) is 13.1 Å². The minimum atomic E-state index is -0.113. The molecule has 5 nitrogen and oxygen atoms in total. The highest BCUT2D eigenvalue weighted by atomic mass is 35.5. The summed E-state index contributed by atoms with van der Waals surface area (Å²) in [4.78, 5) is 26.9. The summed E-state index contributed by atoms with van der Waals surface area (Å²) in [7, 11) is 1.88. The van der Waals surface area contributed by atoms with Gasteiger partial charge in [-0.1, -0.05) is 17.2 Å². The largest absolute Gasteiger partial charge is 0.354 e. The minimum absolute atomic E-state index is 0. The van der Waals surface area contributed by atoms with Gasteiger partial charge in [0.05, 0.1) is 5.92 Å². The molecule has 1 aromatic rings. The SMILES string of the molecule is CNC(C)CNC(=O)C1CCCN(C(=O)c2cc(C)cc(C)c2)C1.Cl. The van der Waals surface area contributed by atoms with Crippen molar-refractivity contribution in [2.45, 2.75) is 39.7 Å². The third-order valence-electron chi connectivity index (χ3n) is 4.62. The molecule has 2 N–H and O–H groups in total. The number of nitrogens with zero attached hydrogens (tertiary/aromatic N) is 1. The lowest BCUT2D eigenvalue weighted by Crippen LogP contribution is -2.47. The van der Waals surface area contributed by atoms with E-state index in [-0.39, 0.29) is 36.2 Å². The van der Waals surface area contributed by atoms with Gasteiger partial charge in [-0.2, -0.15) is 0 Å². The number of rotatable bonds is 5. The van der Waals surface area contributed by atoms with Crippen LogP contribution in [0, 0.1) is 19.8 Å². The van der Waals surface area contributed by atoms with Crippen molar-refractivity contribution in [3.05, 3.63) is 34.9 Å². The average Bonchev–Trinajstić information content (AvgIpc) is 2.57. The van der Waals surface area contributed by atoms with Crippen LogP contribution in [0.25, 0.3) is 0 Å². The highest BCUT2D eigenvalue weighted by Crippen LogP contribution is 2.20. The number of hydrogen-bond donors (Lipinski definition) is 2. The van der Waals surface area contributed by atoms with Gasteiger partial charge in [-0.05, 0) is 52.8 Å². The zero-order valence-corrected chi connectivity index (χ0v) is 16.4. The molecule has 0 aromatic heterocycles. The fraction of sp³-hybridized carbons (Fsp3) is 0.579. The first kappa shape index (κ1) is 21.5. The van der Waals surface area contributed by atoms with Crippen LogP contribution in [0.15, 0.2) is 18.2 Å². The fourth-order valence-electron chi connectivity index (χ4n) is 3.16. The van der Waals surface area contributed by atoms with Crippen LogP contribution in [0.2, 0.25) is 0 Å². The van der Waals surface area contributed by atoms with E-state index in [2.05, 4.69) is 16.7 Å². The molecule has 2 unspecified atom stereocenters. The first-order valence-corrected chi connectivity index (χ1v) is 8.73. The van der Waals surface area contributed by atoms with Gasteiger partial charge >= 0.3 is 0 Å². The third-order valence-corrected chi connectivity index (χ3v) is 4.62. The molecule has 2 atom stereocenters. The third kappa shape index (κ3) is 6.01. The lowest BCUT2D eigenvalue weighted by Gasteiger charge is -2.32. The number of carbonyl (C=O) groups excluding carboxylic acids is 2. The van der Waals surface area contributed by atoms with Gasteiger partial charge in [-0.15, -0.1) is 12.4 Å². The molecule has 140 valence electrons. The number of piperidine rings is 1. The van der Waals surface area contributed by atoms with Crippen molar-refractivity contribution in [3.8, 4) is 0 Å². The molecular formula is C19H30ClN3O2. The Morgan fingerprint density at radius 2 is 1.88 bits per heavy atom. The van der Waals surface area contributed by atoms with E-state index in [1.165, 1.54) is 0 Å². The van der Waals surface area contributed by atoms with Crippen molar-refractivity contribution in [1.29, 1.82) is 0 Å². The van der Waals surface area contributed by atoms with Crippen LogP contribution >= 0.6 is 12.4 Å². The number of carbonyl (C=O) groups is 2. The Kier molecular flexibility index (Phi) is 8.39. The molecule has 1 saturated heterocycles. The second-order valence-electron chi connectivity index (χ2n) is 6.90. The Morgan fingerprint density at radius 3 is 2.48 bits per heavy atom. The van der Waals surface area contributed by atoms with E-state index < -0.39 is 0 Å². The van der Waals surface area contributed by atoms with Gasteiger partial charge in [0.2, 0.25) is 5.91 Å². The van der Waals surface area contributed by atoms with E-state index in [4.69, 9.17) is 0 Å². The van der Waals surface area contributed by atoms with Crippen LogP contribution < -0.4 is 10.6 Å². The van der Waals surface area contributed by atoms with Crippen molar-refractivity contribution in [2.24, 2.45) is 5.92 Å². The Bertz CT molecular complexity index is 586. The molecule has 1 aromatic carbocycles. The molecule has 0 bridgehead atoms. The van der Waals surface area contributed by atoms with E-state index >= 15 is 0 Å². The maximum Gasteiger partial charge on any atom is 0.253 e. The van der Waals surface area contributed by atoms with Gasteiger partial charge in [-0.3, -0.25) is 9.59 Å². The molecular weight excluding hydrogens is 338 g/mol. The van der Waals surface area contributed by atoms with Gasteiger partial charge in [0.15, 0.2) is 0 Å². The van der Waals surface area contributed by atoms with Gasteiger partial charge < -0.3 is 15.5 Å². The van der Waals surface area contributed by atoms with Gasteiger partial charge in [0, 0.05) is 31.2 Å². The Labute approximate surface area is 157 Å². The summed E-state index contributed by atoms with van der Waals surface area (Å²) in [5, 5.41) is 6.08. The van der Waals surface area contributed by atoms with Crippen molar-refractivity contribution < 1.29 is 9.59 Å². The maximum atomic E-state index is 12.8. The Hall–Kier alpha value is -1.59. The van der Waals surface area contributed by atoms with Crippen molar-refractivity contribution in [1.82, 2.24) is 15.5 Å². The smallest absolute Gasteiger partial charge is 0.253 e. The molecule has 2 rings (SSSR count). The number of likely N-dealkylation sites (N-methyl/N-ethyl adjacent to an activating group) is 1. The van der Waals surface area contributed by atoms with Crippen LogP contribution in [0.4, 0.5) is 0 Å². The number of aryl methyl sites for hydroxylation is 2. The van der Waals surface area contributed by atoms with Crippen LogP contribution in [-0.2, 0) is 4.79 Å². The van der Waals surface area contributed by atoms with Crippen LogP contribution in [0.5, 0.6) is 0 Å². The van der Waals surface area contributed by atoms with E-state index in [9.17, 15) is 9.59 Å². The first-order chi connectivity index (χ1) is 11.4. The number of benzene rings is 1. The number of amides is 2. The zero-order chi connectivity index (χ0) is 17.7. The standard InChI is InChI=1S/C19H29N3O2.ClH/c1-13-8-14(2)10-17(9-13)19(24)22-7-5-6-16(12-22)18(23)21-11-15(3)20-4;/h8-10,15-16,20H,5-7,11-12H2,1-4H3,(H,21,23);1H. The highest BCUT2D eigenvalue weighted by Gasteiger charge is 2.29. The number of halogens is 1. The molecule has 1 aliphatic rings. The van der Waals surface area contributed by atoms with Crippen LogP contribution in [-0.4, -0.2) is 49.4 Å². The summed E-state index contributed by atoms with van der Waals surface area (Å²) >= 11 is 0. The summed E-state index contributed by atoms with van der Waals surface area (Å²) in [6.45, 7) is 7.86. The first-order valence-electron chi connectivity index (χ1n) is 8.73. The number of nitrogens with one attached hydrogen (secondary N) is 2. The molecule has 0 saturated carbocycles. The lowest BCUT2D eigenvalue weighted by molar-refractivity contribution is -0.126. The van der Waals surface area contributed by atoms with Crippen LogP contribution in [0.1, 0.15) is 41.3 Å². The summed E-state index contributed by atoms with van der Waals surface area (Å²) in [6, 6.07) is 6.15. The van der Waals surface area contributed by atoms with E-state index in [0.717, 1.165) is 36.1 Å². The number of hydrogen-bond acceptors (Lipinski definition) is 3. The highest BCUT2D eigenvalue weighted by molar-refractivity contribution is 5.95. The summed E-state index contributed by atoms with van der Waals surface area (Å²) in [5.74, 6) is -0.0319. The van der Waals surface area contributed by atoms with Crippen molar-refractivity contribution >= 4 is 24.2 Å². The molecule has 1 fully saturated rings. The maximum absolute atomic E-state index is 12.8. The Balaban J connectivity index is 0.00000312. The van der Waals surface area contributed by atoms with Crippen molar-refractivity contribution in [2.75, 3.05) is 26.7 Å². The van der Waals surface area contributed by atoms with Gasteiger partial charge in [0.25, 0.3) is 5.91 Å². The monoisotopic (exact) mass is 367 g/mol. The van der Waals surface area contributed by atoms with Gasteiger partial charge in [-0.25, -0.2) is 0 Å². The van der Waals surface area contributed by atoms with E-state index in [1.54, 1.807) is 0 Å². The predicted octanol–water partition coefficient (Wildman–Crippen LogP) is 2.30. The summed E-state index contributed by atoms with van der Waals surface area (Å²) in [5.41, 5.74) is 2.90. The summed E-state index contributed by atoms with van der Waals surface area (Å²) in [6.07, 6.45) is 1.71. The minimum Gasteiger partial charge on any atom is -0.354 e. The molecule has 0 spiro atoms. The zero-order valence-electron chi connectivity index (χ0n) is 15.6. The van der Waals surface area contributed by atoms with Crippen molar-refractivity contribution in [3.63, 3.8) is 0 Å². The molecule has 1 heterocycles. The number of likely N-dealkylation sites (tertiary alicyclic amines) is 1. The quantitative estimate of drug-likeness (QED) is 0.839. The molecule has 25 heavy (non-hydrogen) atoms. The second-order valence-corrected chi connectivity index (χ2v) is 6.90. The lowest BCUT2D eigenvalue weighted by atomic mass is 9.96. The molecule has 0 radical (unpaired) electrons. The fourth-order valence-corrected chi connectivity index (χ4v) is 3.16. The van der Waals surface area contributed by atoms with Gasteiger partial charge in [0.1, 0.15) is 0 Å². The molecule has 0 aliphatic carbocycles. The molecule has 2 amide bonds. The molecule has 1 aliphatic heterocycles. The van der Waals surface area contributed by atoms with Crippen LogP contribution in [0.3, 0.4) is 0 Å². The summed E-state index contributed by atoms with van der Waals surface area (Å²) < 4.78 is 0. The average molecular weight is 368 g/mol. The topological polar surface area (TPSA) is 61.4 Å². The van der Waals surface area contributed by atoms with E-state index in [1.807, 2.05) is 44.9 Å². The normalized spacial score (nSPS) is 18.2. The second kappa shape index (κ2) is 9.78. The molecule has 6 heteroatoms. The Morgan fingerprint density at radius 1 is 1.24 bits per heavy atom.